The molecule has 1 aliphatic heterocycles. The first kappa shape index (κ1) is 9.36. The smallest absolute Gasteiger partial charge is 0.139 e. The Labute approximate surface area is 72.3 Å². The minimum Gasteiger partial charge on any atom is -0.389 e. The maximum atomic E-state index is 9.49. The minimum atomic E-state index is -0.352. The van der Waals surface area contributed by atoms with E-state index < -0.39 is 0 Å². The predicted molar refractivity (Wildman–Crippen MR) is 47.7 cm³/mol. The van der Waals surface area contributed by atoms with E-state index in [-0.39, 0.29) is 11.0 Å². The van der Waals surface area contributed by atoms with E-state index in [2.05, 4.69) is 6.92 Å². The number of aliphatic hydroxyl groups excluding tert-OH is 1. The summed E-state index contributed by atoms with van der Waals surface area (Å²) in [5.41, 5.74) is 0. The molecule has 0 bridgehead atoms. The Morgan fingerprint density at radius 3 is 2.82 bits per heavy atom. The van der Waals surface area contributed by atoms with Crippen LogP contribution in [0.4, 0.5) is 0 Å². The topological polar surface area (TPSA) is 29.5 Å². The summed E-state index contributed by atoms with van der Waals surface area (Å²) in [6.07, 6.45) is 1.67. The lowest BCUT2D eigenvalue weighted by molar-refractivity contribution is -0.0425. The number of hydrogen-bond acceptors (Lipinski definition) is 3. The molecule has 0 saturated carbocycles. The van der Waals surface area contributed by atoms with Crippen LogP contribution in [0.3, 0.4) is 0 Å². The highest BCUT2D eigenvalue weighted by Gasteiger charge is 2.39. The van der Waals surface area contributed by atoms with E-state index in [9.17, 15) is 5.11 Å². The fourth-order valence-electron chi connectivity index (χ4n) is 1.41. The second-order valence-corrected chi connectivity index (χ2v) is 4.32. The quantitative estimate of drug-likeness (QED) is 0.708. The van der Waals surface area contributed by atoms with E-state index in [1.54, 1.807) is 11.8 Å². The fourth-order valence-corrected chi connectivity index (χ4v) is 2.68. The van der Waals surface area contributed by atoms with Crippen LogP contribution in [0.5, 0.6) is 0 Å². The molecule has 2 nitrogen and oxygen atoms in total. The van der Waals surface area contributed by atoms with Gasteiger partial charge in [-0.2, -0.15) is 0 Å². The lowest BCUT2D eigenvalue weighted by atomic mass is 10.1. The molecule has 11 heavy (non-hydrogen) atoms. The molecule has 66 valence electrons. The molecule has 1 saturated heterocycles. The molecule has 0 spiro atoms. The summed E-state index contributed by atoms with van der Waals surface area (Å²) in [6, 6.07) is 0. The lowest BCUT2D eigenvalue weighted by Crippen LogP contribution is -2.36. The van der Waals surface area contributed by atoms with Crippen molar-refractivity contribution in [2.24, 2.45) is 0 Å². The van der Waals surface area contributed by atoms with Crippen molar-refractivity contribution in [1.82, 2.24) is 0 Å². The zero-order chi connectivity index (χ0) is 8.32. The van der Waals surface area contributed by atoms with E-state index in [1.807, 2.05) is 6.92 Å². The summed E-state index contributed by atoms with van der Waals surface area (Å²) >= 11 is 1.75. The van der Waals surface area contributed by atoms with Gasteiger partial charge < -0.3 is 9.84 Å². The predicted octanol–water partition coefficient (Wildman–Crippen LogP) is 1.63. The molecule has 1 rings (SSSR count). The van der Waals surface area contributed by atoms with E-state index >= 15 is 0 Å². The van der Waals surface area contributed by atoms with Gasteiger partial charge in [0.15, 0.2) is 0 Å². The van der Waals surface area contributed by atoms with Gasteiger partial charge in [0.2, 0.25) is 0 Å². The largest absolute Gasteiger partial charge is 0.389 e. The maximum absolute atomic E-state index is 9.49. The molecule has 0 unspecified atom stereocenters. The first-order valence-electron chi connectivity index (χ1n) is 4.17. The summed E-state index contributed by atoms with van der Waals surface area (Å²) in [6.45, 7) is 4.72. The van der Waals surface area contributed by atoms with Gasteiger partial charge in [-0.15, -0.1) is 11.8 Å². The van der Waals surface area contributed by atoms with Gasteiger partial charge in [0.1, 0.15) is 4.93 Å². The lowest BCUT2D eigenvalue weighted by Gasteiger charge is -2.29. The van der Waals surface area contributed by atoms with Crippen LogP contribution in [-0.4, -0.2) is 28.5 Å². The average Bonchev–Trinajstić information content (AvgIpc) is 2.38. The van der Waals surface area contributed by atoms with Crippen molar-refractivity contribution in [3.63, 3.8) is 0 Å². The van der Waals surface area contributed by atoms with Gasteiger partial charge >= 0.3 is 0 Å². The van der Waals surface area contributed by atoms with Crippen LogP contribution < -0.4 is 0 Å². The van der Waals surface area contributed by atoms with Crippen LogP contribution in [-0.2, 0) is 4.74 Å². The number of rotatable bonds is 3. The van der Waals surface area contributed by atoms with Crippen molar-refractivity contribution in [2.45, 2.75) is 37.7 Å². The molecule has 1 N–H and O–H groups in total. The molecular weight excluding hydrogens is 160 g/mol. The third-order valence-electron chi connectivity index (χ3n) is 2.01. The fraction of sp³-hybridized carbons (Fsp3) is 1.00. The second kappa shape index (κ2) is 3.78. The van der Waals surface area contributed by atoms with Crippen LogP contribution in [0.1, 0.15) is 26.7 Å². The zero-order valence-electron chi connectivity index (χ0n) is 7.17. The van der Waals surface area contributed by atoms with E-state index in [4.69, 9.17) is 4.74 Å². The van der Waals surface area contributed by atoms with Gasteiger partial charge in [-0.25, -0.2) is 0 Å². The molecule has 1 fully saturated rings. The summed E-state index contributed by atoms with van der Waals surface area (Å²) in [5.74, 6) is 1.02. The Morgan fingerprint density at radius 1 is 1.73 bits per heavy atom. The Kier molecular flexibility index (Phi) is 3.22. The van der Waals surface area contributed by atoms with Gasteiger partial charge in [-0.1, -0.05) is 13.3 Å². The van der Waals surface area contributed by atoms with Crippen LogP contribution in [0.25, 0.3) is 0 Å². The molecule has 3 heteroatoms. The van der Waals surface area contributed by atoms with Gasteiger partial charge in [-0.05, 0) is 13.3 Å². The molecule has 0 aliphatic carbocycles. The first-order chi connectivity index (χ1) is 5.21. The van der Waals surface area contributed by atoms with E-state index in [0.29, 0.717) is 0 Å². The summed E-state index contributed by atoms with van der Waals surface area (Å²) in [4.78, 5) is -0.283. The monoisotopic (exact) mass is 176 g/mol. The van der Waals surface area contributed by atoms with Crippen molar-refractivity contribution >= 4 is 11.8 Å². The minimum absolute atomic E-state index is 0.283. The summed E-state index contributed by atoms with van der Waals surface area (Å²) in [7, 11) is 0. The zero-order valence-corrected chi connectivity index (χ0v) is 7.99. The van der Waals surface area contributed by atoms with E-state index in [1.165, 1.54) is 0 Å². The van der Waals surface area contributed by atoms with Gasteiger partial charge in [0.05, 0.1) is 12.7 Å². The summed E-state index contributed by atoms with van der Waals surface area (Å²) < 4.78 is 5.56. The van der Waals surface area contributed by atoms with Gasteiger partial charge in [-0.3, -0.25) is 0 Å². The Balaban J connectivity index is 2.55. The Bertz CT molecular complexity index is 119. The van der Waals surface area contributed by atoms with Crippen molar-refractivity contribution < 1.29 is 9.84 Å². The molecular formula is C8H16O2S. The molecule has 0 aromatic heterocycles. The third-order valence-corrected chi connectivity index (χ3v) is 3.53. The summed E-state index contributed by atoms with van der Waals surface area (Å²) in [5, 5.41) is 9.49. The Hall–Kier alpha value is 0.270. The standard InChI is InChI=1S/C8H16O2S/c1-3-4-8(7(2)9)10-5-6-11-8/h7,9H,3-6H2,1-2H3/t7-,8+/m0/s1. The van der Waals surface area contributed by atoms with E-state index in [0.717, 1.165) is 25.2 Å². The second-order valence-electron chi connectivity index (χ2n) is 2.93. The van der Waals surface area contributed by atoms with Crippen molar-refractivity contribution in [3.05, 3.63) is 0 Å². The number of hydrogen-bond donors (Lipinski definition) is 1. The van der Waals surface area contributed by atoms with Gasteiger partial charge in [0.25, 0.3) is 0 Å². The van der Waals surface area contributed by atoms with Crippen molar-refractivity contribution in [2.75, 3.05) is 12.4 Å². The molecule has 0 amide bonds. The van der Waals surface area contributed by atoms with Crippen molar-refractivity contribution in [3.8, 4) is 0 Å². The van der Waals surface area contributed by atoms with Crippen LogP contribution in [0.2, 0.25) is 0 Å². The molecule has 0 aromatic carbocycles. The molecule has 0 radical (unpaired) electrons. The van der Waals surface area contributed by atoms with Crippen molar-refractivity contribution in [1.29, 1.82) is 0 Å². The molecule has 0 aromatic rings. The normalized spacial score (nSPS) is 34.1. The highest BCUT2D eigenvalue weighted by Crippen LogP contribution is 2.39. The number of aliphatic hydroxyl groups is 1. The van der Waals surface area contributed by atoms with Crippen LogP contribution >= 0.6 is 11.8 Å². The number of ether oxygens (including phenoxy) is 1. The highest BCUT2D eigenvalue weighted by atomic mass is 32.2. The number of thioether (sulfide) groups is 1. The Morgan fingerprint density at radius 2 is 2.45 bits per heavy atom. The van der Waals surface area contributed by atoms with Crippen LogP contribution in [0, 0.1) is 0 Å². The molecule has 1 heterocycles. The average molecular weight is 176 g/mol. The highest BCUT2D eigenvalue weighted by molar-refractivity contribution is 8.00. The van der Waals surface area contributed by atoms with Crippen LogP contribution in [0.15, 0.2) is 0 Å². The SMILES string of the molecule is CCC[C@@]1([C@H](C)O)OCCS1. The molecule has 1 aliphatic rings. The third kappa shape index (κ3) is 1.89. The maximum Gasteiger partial charge on any atom is 0.139 e. The first-order valence-corrected chi connectivity index (χ1v) is 5.16. The van der Waals surface area contributed by atoms with Gasteiger partial charge in [0, 0.05) is 5.75 Å². The molecule has 2 atom stereocenters.